The molecule has 0 aliphatic carbocycles. The summed E-state index contributed by atoms with van der Waals surface area (Å²) in [6.07, 6.45) is 0. The maximum absolute atomic E-state index is 10.8. The van der Waals surface area contributed by atoms with Crippen molar-refractivity contribution in [2.24, 2.45) is 0 Å². The number of carboxylic acids is 1. The zero-order valence-electron chi connectivity index (χ0n) is 8.18. The monoisotopic (exact) mass is 209 g/mol. The van der Waals surface area contributed by atoms with E-state index in [-0.39, 0.29) is 17.0 Å². The lowest BCUT2D eigenvalue weighted by Crippen LogP contribution is -2.11. The second-order valence-electron chi connectivity index (χ2n) is 2.93. The number of nitrogens with zero attached hydrogens (tertiary/aromatic N) is 1. The van der Waals surface area contributed by atoms with Gasteiger partial charge in [-0.3, -0.25) is 10.1 Å². The Kier molecular flexibility index (Phi) is 2.94. The first-order valence-corrected chi connectivity index (χ1v) is 4.03. The van der Waals surface area contributed by atoms with Crippen LogP contribution in [0.25, 0.3) is 0 Å². The normalized spacial score (nSPS) is 9.67. The van der Waals surface area contributed by atoms with E-state index in [0.717, 1.165) is 0 Å². The summed E-state index contributed by atoms with van der Waals surface area (Å²) in [6.45, 7) is 0. The van der Waals surface area contributed by atoms with Crippen LogP contribution in [-0.4, -0.2) is 31.0 Å². The Labute approximate surface area is 86.0 Å². The fourth-order valence-electron chi connectivity index (χ4n) is 1.26. The SMILES string of the molecule is Bc1cc(C(=O)O)c(OC)c([N+](=O)[O-])c1. The van der Waals surface area contributed by atoms with E-state index in [0.29, 0.717) is 5.46 Å². The summed E-state index contributed by atoms with van der Waals surface area (Å²) in [5, 5.41) is 19.5. The maximum Gasteiger partial charge on any atom is 0.339 e. The highest BCUT2D eigenvalue weighted by molar-refractivity contribution is 6.33. The molecule has 0 bridgehead atoms. The van der Waals surface area contributed by atoms with Gasteiger partial charge in [0.25, 0.3) is 0 Å². The van der Waals surface area contributed by atoms with E-state index in [1.54, 1.807) is 7.85 Å². The molecule has 1 rings (SSSR count). The van der Waals surface area contributed by atoms with Crippen molar-refractivity contribution >= 4 is 25.0 Å². The maximum atomic E-state index is 10.8. The number of nitro groups is 1. The molecular weight excluding hydrogens is 201 g/mol. The highest BCUT2D eigenvalue weighted by atomic mass is 16.6. The Bertz CT molecular complexity index is 396. The van der Waals surface area contributed by atoms with Crippen molar-refractivity contribution in [1.82, 2.24) is 0 Å². The van der Waals surface area contributed by atoms with E-state index in [2.05, 4.69) is 0 Å². The molecule has 0 amide bonds. The Morgan fingerprint density at radius 2 is 2.20 bits per heavy atom. The first-order chi connectivity index (χ1) is 6.97. The molecule has 1 N–H and O–H groups in total. The Morgan fingerprint density at radius 1 is 1.60 bits per heavy atom. The molecule has 0 heterocycles. The largest absolute Gasteiger partial charge is 0.490 e. The molecule has 0 atom stereocenters. The zero-order valence-corrected chi connectivity index (χ0v) is 8.18. The van der Waals surface area contributed by atoms with Crippen LogP contribution in [0.3, 0.4) is 0 Å². The fourth-order valence-corrected chi connectivity index (χ4v) is 1.26. The number of hydrogen-bond donors (Lipinski definition) is 1. The summed E-state index contributed by atoms with van der Waals surface area (Å²) in [5.41, 5.74) is -0.0426. The number of carbonyl (C=O) groups is 1. The number of nitro benzene ring substituents is 1. The summed E-state index contributed by atoms with van der Waals surface area (Å²) in [4.78, 5) is 20.8. The second kappa shape index (κ2) is 3.99. The number of carboxylic acid groups (broad SMARTS) is 1. The lowest BCUT2D eigenvalue weighted by atomic mass is 9.93. The van der Waals surface area contributed by atoms with Gasteiger partial charge in [-0.15, -0.1) is 0 Å². The summed E-state index contributed by atoms with van der Waals surface area (Å²) in [7, 11) is 2.78. The average Bonchev–Trinajstić information content (AvgIpc) is 2.16. The predicted molar refractivity (Wildman–Crippen MR) is 54.8 cm³/mol. The van der Waals surface area contributed by atoms with Crippen LogP contribution in [0.15, 0.2) is 12.1 Å². The lowest BCUT2D eigenvalue weighted by molar-refractivity contribution is -0.385. The van der Waals surface area contributed by atoms with Crippen molar-refractivity contribution in [2.75, 3.05) is 7.11 Å². The Hall–Kier alpha value is -2.05. The van der Waals surface area contributed by atoms with Gasteiger partial charge in [-0.1, -0.05) is 5.46 Å². The van der Waals surface area contributed by atoms with Crippen molar-refractivity contribution in [2.45, 2.75) is 0 Å². The second-order valence-corrected chi connectivity index (χ2v) is 2.93. The molecule has 0 spiro atoms. The molecule has 0 radical (unpaired) electrons. The molecule has 7 heteroatoms. The van der Waals surface area contributed by atoms with Crippen molar-refractivity contribution < 1.29 is 19.6 Å². The first kappa shape index (κ1) is 11.0. The molecule has 15 heavy (non-hydrogen) atoms. The first-order valence-electron chi connectivity index (χ1n) is 4.03. The van der Waals surface area contributed by atoms with Crippen LogP contribution in [0, 0.1) is 10.1 Å². The van der Waals surface area contributed by atoms with Crippen LogP contribution in [0.2, 0.25) is 0 Å². The van der Waals surface area contributed by atoms with E-state index in [1.165, 1.54) is 19.2 Å². The van der Waals surface area contributed by atoms with Crippen molar-refractivity contribution in [3.05, 3.63) is 27.8 Å². The van der Waals surface area contributed by atoms with Gasteiger partial charge in [0.05, 0.1) is 12.0 Å². The van der Waals surface area contributed by atoms with E-state index in [9.17, 15) is 14.9 Å². The van der Waals surface area contributed by atoms with Gasteiger partial charge in [0.1, 0.15) is 13.4 Å². The molecule has 0 unspecified atom stereocenters. The summed E-state index contributed by atoms with van der Waals surface area (Å²) in [6, 6.07) is 2.60. The summed E-state index contributed by atoms with van der Waals surface area (Å²) in [5.74, 6) is -1.48. The van der Waals surface area contributed by atoms with Gasteiger partial charge < -0.3 is 9.84 Å². The van der Waals surface area contributed by atoms with Crippen LogP contribution in [-0.2, 0) is 0 Å². The quantitative estimate of drug-likeness (QED) is 0.414. The van der Waals surface area contributed by atoms with E-state index in [1.807, 2.05) is 0 Å². The molecule has 0 fully saturated rings. The van der Waals surface area contributed by atoms with E-state index >= 15 is 0 Å². The van der Waals surface area contributed by atoms with Crippen molar-refractivity contribution in [3.63, 3.8) is 0 Å². The van der Waals surface area contributed by atoms with Gasteiger partial charge in [-0.2, -0.15) is 0 Å². The van der Waals surface area contributed by atoms with Gasteiger partial charge in [0.15, 0.2) is 0 Å². The zero-order chi connectivity index (χ0) is 11.6. The Morgan fingerprint density at radius 3 is 2.60 bits per heavy atom. The van der Waals surface area contributed by atoms with Crippen LogP contribution in [0.1, 0.15) is 10.4 Å². The number of benzene rings is 1. The Balaban J connectivity index is 3.52. The van der Waals surface area contributed by atoms with Crippen LogP contribution >= 0.6 is 0 Å². The van der Waals surface area contributed by atoms with Crippen molar-refractivity contribution in [3.8, 4) is 5.75 Å². The predicted octanol–water partition coefficient (Wildman–Crippen LogP) is -0.440. The average molecular weight is 209 g/mol. The number of ether oxygens (including phenoxy) is 1. The van der Waals surface area contributed by atoms with Gasteiger partial charge >= 0.3 is 11.7 Å². The standard InChI is InChI=1S/C8H8BNO5/c1-15-7-5(8(11)12)2-4(9)3-6(7)10(13)14/h2-3H,9H2,1H3,(H,11,12). The van der Waals surface area contributed by atoms with E-state index in [4.69, 9.17) is 9.84 Å². The lowest BCUT2D eigenvalue weighted by Gasteiger charge is -2.06. The van der Waals surface area contributed by atoms with Crippen LogP contribution in [0.5, 0.6) is 5.75 Å². The molecule has 0 saturated heterocycles. The summed E-state index contributed by atoms with van der Waals surface area (Å²) >= 11 is 0. The fraction of sp³-hybridized carbons (Fsp3) is 0.125. The minimum atomic E-state index is -1.25. The third kappa shape index (κ3) is 2.06. The number of rotatable bonds is 3. The van der Waals surface area contributed by atoms with Crippen molar-refractivity contribution in [1.29, 1.82) is 0 Å². The molecule has 1 aromatic carbocycles. The topological polar surface area (TPSA) is 89.7 Å². The minimum absolute atomic E-state index is 0.204. The number of hydrogen-bond acceptors (Lipinski definition) is 4. The highest BCUT2D eigenvalue weighted by Crippen LogP contribution is 2.29. The smallest absolute Gasteiger partial charge is 0.339 e. The molecule has 6 nitrogen and oxygen atoms in total. The molecule has 78 valence electrons. The molecule has 0 saturated carbocycles. The number of methoxy groups -OCH3 is 1. The molecule has 0 aromatic heterocycles. The minimum Gasteiger partial charge on any atom is -0.490 e. The highest BCUT2D eigenvalue weighted by Gasteiger charge is 2.23. The summed E-state index contributed by atoms with van der Waals surface area (Å²) < 4.78 is 4.73. The van der Waals surface area contributed by atoms with Gasteiger partial charge in [0.2, 0.25) is 5.75 Å². The third-order valence-corrected chi connectivity index (χ3v) is 1.84. The van der Waals surface area contributed by atoms with Crippen LogP contribution < -0.4 is 10.2 Å². The molecular formula is C8H8BNO5. The van der Waals surface area contributed by atoms with E-state index < -0.39 is 10.9 Å². The molecule has 0 aliphatic rings. The molecule has 0 aliphatic heterocycles. The van der Waals surface area contributed by atoms with Crippen LogP contribution in [0.4, 0.5) is 5.69 Å². The molecule has 1 aromatic rings. The van der Waals surface area contributed by atoms with Gasteiger partial charge in [-0.25, -0.2) is 4.79 Å². The van der Waals surface area contributed by atoms with Gasteiger partial charge in [0, 0.05) is 6.07 Å². The third-order valence-electron chi connectivity index (χ3n) is 1.84. The van der Waals surface area contributed by atoms with Gasteiger partial charge in [-0.05, 0) is 6.07 Å². The number of aromatic carboxylic acids is 1.